The van der Waals surface area contributed by atoms with E-state index in [4.69, 9.17) is 20.3 Å². The van der Waals surface area contributed by atoms with E-state index in [1.165, 1.54) is 6.33 Å². The maximum Gasteiger partial charge on any atom is 0.351 e. The minimum Gasteiger partial charge on any atom is -0.382 e. The number of hydrogen-bond acceptors (Lipinski definition) is 6. The van der Waals surface area contributed by atoms with Crippen LogP contribution in [0.3, 0.4) is 0 Å². The van der Waals surface area contributed by atoms with Gasteiger partial charge in [-0.1, -0.05) is 11.8 Å². The lowest BCUT2D eigenvalue weighted by molar-refractivity contribution is 0.189. The van der Waals surface area contributed by atoms with Gasteiger partial charge in [-0.05, 0) is 0 Å². The minimum absolute atomic E-state index is 0.0607. The molecule has 2 aromatic heterocycles. The first-order valence-corrected chi connectivity index (χ1v) is 7.26. The van der Waals surface area contributed by atoms with E-state index in [-0.39, 0.29) is 6.61 Å². The normalized spacial score (nSPS) is 11.3. The van der Waals surface area contributed by atoms with E-state index < -0.39 is 13.9 Å². The lowest BCUT2D eigenvalue weighted by Gasteiger charge is -2.01. The average Bonchev–Trinajstić information content (AvgIpc) is 2.77. The summed E-state index contributed by atoms with van der Waals surface area (Å²) in [7, 11) is -4.14. The lowest BCUT2D eigenvalue weighted by atomic mass is 10.5. The third-order valence-electron chi connectivity index (χ3n) is 2.24. The summed E-state index contributed by atoms with van der Waals surface area (Å²) in [5.74, 6) is 5.71. The van der Waals surface area contributed by atoms with E-state index >= 15 is 0 Å². The molecule has 0 aliphatic carbocycles. The predicted octanol–water partition coefficient (Wildman–Crippen LogP) is -0.436. The molecule has 0 aliphatic rings. The molecule has 0 fully saturated rings. The highest BCUT2D eigenvalue weighted by atomic mass is 31.2. The summed E-state index contributed by atoms with van der Waals surface area (Å²) in [4.78, 5) is 29.1. The van der Waals surface area contributed by atoms with Gasteiger partial charge in [-0.15, -0.1) is 0 Å². The van der Waals surface area contributed by atoms with Crippen molar-refractivity contribution in [2.24, 2.45) is 0 Å². The van der Waals surface area contributed by atoms with Gasteiger partial charge in [0.1, 0.15) is 24.8 Å². The fourth-order valence-electron chi connectivity index (χ4n) is 1.42. The van der Waals surface area contributed by atoms with Gasteiger partial charge in [0.25, 0.3) is 0 Å². The summed E-state index contributed by atoms with van der Waals surface area (Å²) in [5, 5.41) is 0. The van der Waals surface area contributed by atoms with Gasteiger partial charge in [0.2, 0.25) is 0 Å². The van der Waals surface area contributed by atoms with Crippen LogP contribution in [0.2, 0.25) is 0 Å². The molecule has 0 spiro atoms. The van der Waals surface area contributed by atoms with Gasteiger partial charge in [-0.2, -0.15) is 0 Å². The van der Waals surface area contributed by atoms with Gasteiger partial charge >= 0.3 is 7.60 Å². The molecule has 0 saturated carbocycles. The second-order valence-corrected chi connectivity index (χ2v) is 5.39. The number of anilines is 1. The number of nitrogens with zero attached hydrogens (tertiary/aromatic N) is 4. The molecule has 0 aliphatic heterocycles. The van der Waals surface area contributed by atoms with E-state index in [2.05, 4.69) is 26.8 Å². The Morgan fingerprint density at radius 3 is 2.90 bits per heavy atom. The molecule has 0 radical (unpaired) electrons. The zero-order chi connectivity index (χ0) is 14.6. The summed E-state index contributed by atoms with van der Waals surface area (Å²) >= 11 is 0. The highest BCUT2D eigenvalue weighted by Gasteiger charge is 2.11. The molecule has 0 amide bonds. The standard InChI is InChI=1S/C10H12N5O4P/c11-9-8-10(13-5-12-9)15(6-14-8)3-1-2-4-19-7-20(16,17)18/h5-6H,3-4,7H2,(H2,11,12,13)(H2,16,17,18). The van der Waals surface area contributed by atoms with Crippen molar-refractivity contribution < 1.29 is 19.1 Å². The fourth-order valence-corrected chi connectivity index (χ4v) is 1.75. The Bertz CT molecular complexity index is 713. The quantitative estimate of drug-likeness (QED) is 0.392. The van der Waals surface area contributed by atoms with E-state index in [1.807, 2.05) is 0 Å². The molecule has 0 saturated heterocycles. The number of ether oxygens (including phenoxy) is 1. The fraction of sp³-hybridized carbons (Fsp3) is 0.300. The second-order valence-electron chi connectivity index (χ2n) is 3.80. The van der Waals surface area contributed by atoms with E-state index in [0.29, 0.717) is 23.5 Å². The molecular formula is C10H12N5O4P. The zero-order valence-corrected chi connectivity index (χ0v) is 11.2. The Hall–Kier alpha value is -1.98. The summed E-state index contributed by atoms with van der Waals surface area (Å²) < 4.78 is 16.9. The van der Waals surface area contributed by atoms with Gasteiger partial charge in [0.15, 0.2) is 11.5 Å². The largest absolute Gasteiger partial charge is 0.382 e. The Morgan fingerprint density at radius 2 is 2.15 bits per heavy atom. The number of nitrogens with two attached hydrogens (primary N) is 1. The van der Waals surface area contributed by atoms with Crippen molar-refractivity contribution in [3.8, 4) is 11.8 Å². The molecular weight excluding hydrogens is 285 g/mol. The second kappa shape index (κ2) is 5.98. The molecule has 106 valence electrons. The highest BCUT2D eigenvalue weighted by molar-refractivity contribution is 7.51. The van der Waals surface area contributed by atoms with E-state index in [1.54, 1.807) is 10.9 Å². The number of rotatable bonds is 4. The number of fused-ring (bicyclic) bond motifs is 1. The van der Waals surface area contributed by atoms with Crippen LogP contribution >= 0.6 is 7.60 Å². The summed E-state index contributed by atoms with van der Waals surface area (Å²) in [6.07, 6.45) is 2.24. The average molecular weight is 297 g/mol. The van der Waals surface area contributed by atoms with Crippen LogP contribution in [0.25, 0.3) is 11.2 Å². The third kappa shape index (κ3) is 3.76. The molecule has 2 rings (SSSR count). The van der Waals surface area contributed by atoms with Crippen LogP contribution in [0, 0.1) is 11.8 Å². The maximum absolute atomic E-state index is 10.5. The maximum atomic E-state index is 10.5. The number of hydrogen-bond donors (Lipinski definition) is 3. The van der Waals surface area contributed by atoms with Crippen molar-refractivity contribution in [3.63, 3.8) is 0 Å². The Balaban J connectivity index is 1.94. The Kier molecular flexibility index (Phi) is 4.32. The molecule has 0 bridgehead atoms. The molecule has 2 aromatic rings. The zero-order valence-electron chi connectivity index (χ0n) is 10.3. The third-order valence-corrected chi connectivity index (χ3v) is 2.76. The molecule has 0 unspecified atom stereocenters. The van der Waals surface area contributed by atoms with Gasteiger partial charge in [0.05, 0.1) is 12.9 Å². The van der Waals surface area contributed by atoms with Crippen molar-refractivity contribution in [2.45, 2.75) is 6.54 Å². The Labute approximate surface area is 114 Å². The first-order valence-electron chi connectivity index (χ1n) is 5.47. The van der Waals surface area contributed by atoms with Crippen LogP contribution < -0.4 is 5.73 Å². The molecule has 2 heterocycles. The molecule has 4 N–H and O–H groups in total. The van der Waals surface area contributed by atoms with Crippen molar-refractivity contribution >= 4 is 24.6 Å². The van der Waals surface area contributed by atoms with Crippen molar-refractivity contribution in [1.82, 2.24) is 19.5 Å². The smallest absolute Gasteiger partial charge is 0.351 e. The Morgan fingerprint density at radius 1 is 1.35 bits per heavy atom. The van der Waals surface area contributed by atoms with Crippen molar-refractivity contribution in [1.29, 1.82) is 0 Å². The number of aromatic nitrogens is 4. The predicted molar refractivity (Wildman–Crippen MR) is 70.4 cm³/mol. The topological polar surface area (TPSA) is 136 Å². The van der Waals surface area contributed by atoms with E-state index in [0.717, 1.165) is 0 Å². The SMILES string of the molecule is Nc1ncnc2c1ncn2CC#CCOCP(=O)(O)O. The molecule has 0 aromatic carbocycles. The minimum atomic E-state index is -4.14. The van der Waals surface area contributed by atoms with E-state index in [9.17, 15) is 4.57 Å². The lowest BCUT2D eigenvalue weighted by Crippen LogP contribution is -1.99. The number of nitrogen functional groups attached to an aromatic ring is 1. The van der Waals surface area contributed by atoms with Crippen LogP contribution in [0.4, 0.5) is 5.82 Å². The van der Waals surface area contributed by atoms with Crippen LogP contribution in [0.15, 0.2) is 12.7 Å². The first kappa shape index (κ1) is 14.4. The van der Waals surface area contributed by atoms with Gasteiger partial charge in [-0.25, -0.2) is 15.0 Å². The first-order chi connectivity index (χ1) is 9.47. The highest BCUT2D eigenvalue weighted by Crippen LogP contribution is 2.33. The molecule has 0 atom stereocenters. The van der Waals surface area contributed by atoms with Crippen molar-refractivity contribution in [3.05, 3.63) is 12.7 Å². The molecule has 20 heavy (non-hydrogen) atoms. The van der Waals surface area contributed by atoms with Crippen LogP contribution in [0.1, 0.15) is 0 Å². The summed E-state index contributed by atoms with van der Waals surface area (Å²) in [6, 6.07) is 0. The van der Waals surface area contributed by atoms with Gasteiger partial charge in [0, 0.05) is 0 Å². The number of imidazole rings is 1. The summed E-state index contributed by atoms with van der Waals surface area (Å²) in [5.41, 5.74) is 6.73. The van der Waals surface area contributed by atoms with Crippen LogP contribution in [0.5, 0.6) is 0 Å². The molecule has 10 heteroatoms. The van der Waals surface area contributed by atoms with Crippen LogP contribution in [-0.4, -0.2) is 42.3 Å². The van der Waals surface area contributed by atoms with Gasteiger partial charge in [-0.3, -0.25) is 4.57 Å². The van der Waals surface area contributed by atoms with Crippen molar-refractivity contribution in [2.75, 3.05) is 18.7 Å². The molecule has 9 nitrogen and oxygen atoms in total. The van der Waals surface area contributed by atoms with Crippen LogP contribution in [-0.2, 0) is 15.8 Å². The monoisotopic (exact) mass is 297 g/mol. The summed E-state index contributed by atoms with van der Waals surface area (Å²) in [6.45, 7) is 0.251. The van der Waals surface area contributed by atoms with Gasteiger partial charge < -0.3 is 24.8 Å².